The summed E-state index contributed by atoms with van der Waals surface area (Å²) < 4.78 is 1.68. The minimum atomic E-state index is 0. The van der Waals surface area contributed by atoms with Gasteiger partial charge in [-0.3, -0.25) is 9.48 Å². The van der Waals surface area contributed by atoms with E-state index in [0.717, 1.165) is 25.2 Å². The van der Waals surface area contributed by atoms with Gasteiger partial charge in [-0.1, -0.05) is 0 Å². The highest BCUT2D eigenvalue weighted by molar-refractivity contribution is 5.90. The van der Waals surface area contributed by atoms with E-state index >= 15 is 0 Å². The highest BCUT2D eigenvalue weighted by Crippen LogP contribution is 2.18. The quantitative estimate of drug-likeness (QED) is 0.875. The van der Waals surface area contributed by atoms with Crippen LogP contribution in [0.25, 0.3) is 0 Å². The van der Waals surface area contributed by atoms with Crippen molar-refractivity contribution in [3.63, 3.8) is 0 Å². The molecule has 1 fully saturated rings. The van der Waals surface area contributed by atoms with E-state index in [9.17, 15) is 4.79 Å². The Labute approximate surface area is 114 Å². The zero-order chi connectivity index (χ0) is 12.1. The molecule has 0 unspecified atom stereocenters. The molecule has 2 N–H and O–H groups in total. The maximum absolute atomic E-state index is 11.7. The molecule has 18 heavy (non-hydrogen) atoms. The number of piperidine rings is 1. The largest absolute Gasteiger partial charge is 0.323 e. The summed E-state index contributed by atoms with van der Waals surface area (Å²) in [5, 5.41) is 10.2. The van der Waals surface area contributed by atoms with Crippen LogP contribution in [0.4, 0.5) is 5.69 Å². The van der Waals surface area contributed by atoms with Crippen molar-refractivity contribution in [2.45, 2.75) is 25.7 Å². The number of nitrogens with one attached hydrogen (secondary N) is 2. The van der Waals surface area contributed by atoms with Crippen molar-refractivity contribution in [1.29, 1.82) is 0 Å². The van der Waals surface area contributed by atoms with Crippen LogP contribution in [0.1, 0.15) is 25.7 Å². The molecule has 0 saturated carbocycles. The number of hydrogen-bond acceptors (Lipinski definition) is 3. The van der Waals surface area contributed by atoms with Crippen LogP contribution < -0.4 is 10.6 Å². The van der Waals surface area contributed by atoms with E-state index in [1.165, 1.54) is 12.8 Å². The number of carbonyl (C=O) groups is 1. The van der Waals surface area contributed by atoms with E-state index in [2.05, 4.69) is 15.7 Å². The van der Waals surface area contributed by atoms with E-state index in [1.807, 2.05) is 13.2 Å². The first kappa shape index (κ1) is 15.0. The molecule has 0 bridgehead atoms. The summed E-state index contributed by atoms with van der Waals surface area (Å²) in [6.07, 6.45) is 7.47. The number of anilines is 1. The van der Waals surface area contributed by atoms with Crippen LogP contribution in [-0.2, 0) is 11.8 Å². The Morgan fingerprint density at radius 3 is 2.89 bits per heavy atom. The number of nitrogens with zero attached hydrogens (tertiary/aromatic N) is 2. The second kappa shape index (κ2) is 7.38. The molecule has 0 spiro atoms. The third kappa shape index (κ3) is 4.66. The lowest BCUT2D eigenvalue weighted by Gasteiger charge is -2.22. The fraction of sp³-hybridized carbons (Fsp3) is 0.667. The Bertz CT molecular complexity index is 374. The van der Waals surface area contributed by atoms with Gasteiger partial charge in [0.05, 0.1) is 11.9 Å². The molecule has 102 valence electrons. The minimum absolute atomic E-state index is 0. The van der Waals surface area contributed by atoms with Gasteiger partial charge in [0, 0.05) is 19.7 Å². The molecule has 6 heteroatoms. The summed E-state index contributed by atoms with van der Waals surface area (Å²) in [6, 6.07) is 0. The number of aromatic nitrogens is 2. The first-order valence-electron chi connectivity index (χ1n) is 6.23. The van der Waals surface area contributed by atoms with Crippen molar-refractivity contribution in [3.05, 3.63) is 12.4 Å². The van der Waals surface area contributed by atoms with Crippen molar-refractivity contribution in [2.75, 3.05) is 18.4 Å². The second-order valence-electron chi connectivity index (χ2n) is 4.68. The molecule has 1 aromatic heterocycles. The number of amides is 1. The van der Waals surface area contributed by atoms with Crippen molar-refractivity contribution < 1.29 is 4.79 Å². The average molecular weight is 273 g/mol. The average Bonchev–Trinajstić information content (AvgIpc) is 2.73. The first-order valence-corrected chi connectivity index (χ1v) is 6.23. The number of carbonyl (C=O) groups excluding carboxylic acids is 1. The summed E-state index contributed by atoms with van der Waals surface area (Å²) in [4.78, 5) is 11.7. The fourth-order valence-electron chi connectivity index (χ4n) is 2.21. The van der Waals surface area contributed by atoms with Crippen molar-refractivity contribution in [3.8, 4) is 0 Å². The van der Waals surface area contributed by atoms with Crippen LogP contribution in [0.15, 0.2) is 12.4 Å². The molecule has 1 aliphatic heterocycles. The highest BCUT2D eigenvalue weighted by atomic mass is 35.5. The summed E-state index contributed by atoms with van der Waals surface area (Å²) in [7, 11) is 1.84. The Balaban J connectivity index is 0.00000162. The summed E-state index contributed by atoms with van der Waals surface area (Å²) in [5.74, 6) is 0.799. The summed E-state index contributed by atoms with van der Waals surface area (Å²) in [5.41, 5.74) is 0.780. The predicted octanol–water partition coefficient (Wildman–Crippen LogP) is 1.56. The van der Waals surface area contributed by atoms with Gasteiger partial charge in [0.25, 0.3) is 0 Å². The summed E-state index contributed by atoms with van der Waals surface area (Å²) >= 11 is 0. The van der Waals surface area contributed by atoms with Gasteiger partial charge in [0.15, 0.2) is 0 Å². The normalized spacial score (nSPS) is 16.1. The van der Waals surface area contributed by atoms with Crippen LogP contribution in [0.3, 0.4) is 0 Å². The first-order chi connectivity index (χ1) is 8.24. The van der Waals surface area contributed by atoms with Crippen molar-refractivity contribution in [2.24, 2.45) is 13.0 Å². The molecule has 1 amide bonds. The van der Waals surface area contributed by atoms with E-state index in [0.29, 0.717) is 12.3 Å². The third-order valence-electron chi connectivity index (χ3n) is 3.23. The lowest BCUT2D eigenvalue weighted by molar-refractivity contribution is -0.116. The Morgan fingerprint density at radius 1 is 1.56 bits per heavy atom. The molecular weight excluding hydrogens is 252 g/mol. The van der Waals surface area contributed by atoms with E-state index in [4.69, 9.17) is 0 Å². The van der Waals surface area contributed by atoms with Gasteiger partial charge in [-0.2, -0.15) is 5.10 Å². The summed E-state index contributed by atoms with van der Waals surface area (Å²) in [6.45, 7) is 2.18. The highest BCUT2D eigenvalue weighted by Gasteiger charge is 2.14. The number of halogens is 1. The molecule has 0 radical (unpaired) electrons. The Kier molecular flexibility index (Phi) is 6.15. The maximum atomic E-state index is 11.7. The predicted molar refractivity (Wildman–Crippen MR) is 73.9 cm³/mol. The van der Waals surface area contributed by atoms with Crippen molar-refractivity contribution >= 4 is 24.0 Å². The molecule has 5 nitrogen and oxygen atoms in total. The topological polar surface area (TPSA) is 59.0 Å². The van der Waals surface area contributed by atoms with E-state index in [1.54, 1.807) is 10.9 Å². The molecule has 1 aromatic rings. The van der Waals surface area contributed by atoms with Gasteiger partial charge in [0.2, 0.25) is 5.91 Å². The van der Waals surface area contributed by atoms with Gasteiger partial charge in [-0.25, -0.2) is 0 Å². The van der Waals surface area contributed by atoms with Crippen LogP contribution >= 0.6 is 12.4 Å². The van der Waals surface area contributed by atoms with Gasteiger partial charge < -0.3 is 10.6 Å². The molecule has 1 saturated heterocycles. The minimum Gasteiger partial charge on any atom is -0.323 e. The Hall–Kier alpha value is -1.07. The van der Waals surface area contributed by atoms with Gasteiger partial charge in [-0.15, -0.1) is 12.4 Å². The van der Waals surface area contributed by atoms with Crippen LogP contribution in [-0.4, -0.2) is 28.8 Å². The number of rotatable bonds is 4. The molecule has 2 heterocycles. The second-order valence-corrected chi connectivity index (χ2v) is 4.68. The molecule has 0 aliphatic carbocycles. The standard InChI is InChI=1S/C12H20N4O.ClH/c1-16-9-11(8-14-16)15-12(17)3-2-10-4-6-13-7-5-10;/h8-10,13H,2-7H2,1H3,(H,15,17);1H. The number of hydrogen-bond donors (Lipinski definition) is 2. The van der Waals surface area contributed by atoms with Gasteiger partial charge in [0.1, 0.15) is 0 Å². The lowest BCUT2D eigenvalue weighted by atomic mass is 9.93. The monoisotopic (exact) mass is 272 g/mol. The molecule has 2 rings (SSSR count). The molecule has 0 aromatic carbocycles. The fourth-order valence-corrected chi connectivity index (χ4v) is 2.21. The van der Waals surface area contributed by atoms with Gasteiger partial charge in [-0.05, 0) is 38.3 Å². The number of aryl methyl sites for hydroxylation is 1. The molecular formula is C12H21ClN4O. The SMILES string of the molecule is Cl.Cn1cc(NC(=O)CCC2CCNCC2)cn1. The zero-order valence-corrected chi connectivity index (χ0v) is 11.5. The van der Waals surface area contributed by atoms with E-state index in [-0.39, 0.29) is 18.3 Å². The molecule has 0 atom stereocenters. The van der Waals surface area contributed by atoms with Gasteiger partial charge >= 0.3 is 0 Å². The third-order valence-corrected chi connectivity index (χ3v) is 3.23. The lowest BCUT2D eigenvalue weighted by Crippen LogP contribution is -2.28. The van der Waals surface area contributed by atoms with Crippen LogP contribution in [0.2, 0.25) is 0 Å². The van der Waals surface area contributed by atoms with E-state index < -0.39 is 0 Å². The zero-order valence-electron chi connectivity index (χ0n) is 10.7. The smallest absolute Gasteiger partial charge is 0.224 e. The maximum Gasteiger partial charge on any atom is 0.224 e. The van der Waals surface area contributed by atoms with Crippen LogP contribution in [0, 0.1) is 5.92 Å². The van der Waals surface area contributed by atoms with Crippen molar-refractivity contribution in [1.82, 2.24) is 15.1 Å². The van der Waals surface area contributed by atoms with Crippen LogP contribution in [0.5, 0.6) is 0 Å². The Morgan fingerprint density at radius 2 is 2.28 bits per heavy atom. The molecule has 1 aliphatic rings.